The lowest BCUT2D eigenvalue weighted by Gasteiger charge is -2.14. The number of fused-ring (bicyclic) bond motifs is 13. The van der Waals surface area contributed by atoms with Crippen LogP contribution in [0.25, 0.3) is 105 Å². The topological polar surface area (TPSA) is 45.7 Å². The van der Waals surface area contributed by atoms with Crippen molar-refractivity contribution in [2.45, 2.75) is 0 Å². The Kier molecular flexibility index (Phi) is 8.15. The second-order valence-electron chi connectivity index (χ2n) is 16.9. The zero-order valence-corrected chi connectivity index (χ0v) is 36.0. The normalized spacial score (nSPS) is 11.9. The highest BCUT2D eigenvalue weighted by molar-refractivity contribution is 6.40. The Bertz CT molecular complexity index is 4220. The Labute approximate surface area is 384 Å². The van der Waals surface area contributed by atoms with Gasteiger partial charge >= 0.3 is 0 Å². The molecule has 314 valence electrons. The summed E-state index contributed by atoms with van der Waals surface area (Å²) in [6.07, 6.45) is 5.50. The number of imidazole rings is 1. The predicted octanol–water partition coefficient (Wildman–Crippen LogP) is 14.2. The lowest BCUT2D eigenvalue weighted by Crippen LogP contribution is -2.29. The van der Waals surface area contributed by atoms with Crippen molar-refractivity contribution in [1.82, 2.24) is 23.3 Å². The van der Waals surface area contributed by atoms with Crippen molar-refractivity contribution in [3.63, 3.8) is 0 Å². The second kappa shape index (κ2) is 14.7. The Hall–Kier alpha value is -9.20. The largest absolute Gasteiger partial charge is 0.458 e. The molecule has 0 saturated heterocycles. The lowest BCUT2D eigenvalue weighted by atomic mass is 10.0. The molecule has 0 fully saturated rings. The molecular weight excluding hydrogens is 821 g/mol. The standard InChI is InChI=1S/C60H38N6O/c1-4-19-40(20-5-1)62-39-63(52-32-15-14-31-51(52)62)43-25-18-26-44(37-43)67-45-34-35-48-53(38-45)66(54-33-16-17-36-61-54)59-56(48)55-46-27-10-12-29-49(46)64(41-21-6-2-7-22-41)58(55)57-47-28-11-13-30-50(47)65(60(57)59)42-23-8-3-9-24-42/h1-38H. The Morgan fingerprint density at radius 1 is 0.388 bits per heavy atom. The molecule has 0 amide bonds. The van der Waals surface area contributed by atoms with Gasteiger partial charge in [0, 0.05) is 56.0 Å². The molecule has 0 aliphatic heterocycles. The minimum atomic E-state index is 0.716. The number of ether oxygens (including phenoxy) is 1. The van der Waals surface area contributed by atoms with Crippen LogP contribution >= 0.6 is 0 Å². The van der Waals surface area contributed by atoms with Gasteiger partial charge in [-0.1, -0.05) is 127 Å². The molecule has 0 saturated carbocycles. The van der Waals surface area contributed by atoms with E-state index in [1.807, 2.05) is 30.5 Å². The molecule has 14 aromatic rings. The number of benzene rings is 9. The van der Waals surface area contributed by atoms with Crippen molar-refractivity contribution < 1.29 is 9.30 Å². The van der Waals surface area contributed by atoms with Crippen LogP contribution in [0.2, 0.25) is 0 Å². The molecule has 7 heteroatoms. The van der Waals surface area contributed by atoms with Crippen molar-refractivity contribution in [2.24, 2.45) is 0 Å². The van der Waals surface area contributed by atoms with Gasteiger partial charge in [0.15, 0.2) is 0 Å². The number of para-hydroxylation sites is 7. The van der Waals surface area contributed by atoms with Gasteiger partial charge < -0.3 is 13.9 Å². The molecule has 5 aromatic heterocycles. The zero-order chi connectivity index (χ0) is 44.0. The molecular formula is C60H38N6O. The molecule has 0 radical (unpaired) electrons. The maximum Gasteiger partial charge on any atom is 0.269 e. The van der Waals surface area contributed by atoms with Crippen molar-refractivity contribution in [2.75, 3.05) is 0 Å². The number of rotatable bonds is 7. The van der Waals surface area contributed by atoms with E-state index in [0.29, 0.717) is 5.75 Å². The van der Waals surface area contributed by atoms with Gasteiger partial charge in [0.2, 0.25) is 0 Å². The smallest absolute Gasteiger partial charge is 0.269 e. The summed E-state index contributed by atoms with van der Waals surface area (Å²) in [6.45, 7) is 0. The molecule has 0 aliphatic rings. The van der Waals surface area contributed by atoms with Gasteiger partial charge in [-0.05, 0) is 91.0 Å². The SMILES string of the molecule is [c-]1n(-c2ccccc2)c2ccccc2[n+]1-c1cccc(Oc2ccc3c4c5c6ccccc6n(-c6ccccc6)c5c5c6ccccc6n(-c6ccccc6)c5c4n(-c4ccccn4)c3c2)c1. The first-order valence-electron chi connectivity index (χ1n) is 22.6. The third kappa shape index (κ3) is 5.58. The van der Waals surface area contributed by atoms with E-state index < -0.39 is 0 Å². The first kappa shape index (κ1) is 37.2. The van der Waals surface area contributed by atoms with Crippen molar-refractivity contribution in [3.8, 4) is 40.1 Å². The van der Waals surface area contributed by atoms with Crippen molar-refractivity contribution in [3.05, 3.63) is 237 Å². The quantitative estimate of drug-likeness (QED) is 0.118. The van der Waals surface area contributed by atoms with Gasteiger partial charge in [0.05, 0.1) is 55.5 Å². The van der Waals surface area contributed by atoms with E-state index in [1.165, 1.54) is 27.1 Å². The number of hydrogen-bond donors (Lipinski definition) is 0. The molecule has 5 heterocycles. The molecule has 9 aromatic carbocycles. The molecule has 7 nitrogen and oxygen atoms in total. The minimum Gasteiger partial charge on any atom is -0.458 e. The summed E-state index contributed by atoms with van der Waals surface area (Å²) < 4.78 is 18.4. The second-order valence-corrected chi connectivity index (χ2v) is 16.9. The highest BCUT2D eigenvalue weighted by Gasteiger charge is 2.29. The maximum atomic E-state index is 6.91. The van der Waals surface area contributed by atoms with E-state index in [4.69, 9.17) is 9.72 Å². The maximum absolute atomic E-state index is 6.91. The summed E-state index contributed by atoms with van der Waals surface area (Å²) >= 11 is 0. The molecule has 0 atom stereocenters. The molecule has 14 rings (SSSR count). The fraction of sp³-hybridized carbons (Fsp3) is 0. The highest BCUT2D eigenvalue weighted by atomic mass is 16.5. The average molecular weight is 859 g/mol. The summed E-state index contributed by atoms with van der Waals surface area (Å²) in [6, 6.07) is 78.9. The van der Waals surface area contributed by atoms with Gasteiger partial charge in [0.1, 0.15) is 17.3 Å². The fourth-order valence-electron chi connectivity index (χ4n) is 10.5. The summed E-state index contributed by atoms with van der Waals surface area (Å²) in [4.78, 5) is 5.09. The van der Waals surface area contributed by atoms with Crippen molar-refractivity contribution >= 4 is 76.5 Å². The highest BCUT2D eigenvalue weighted by Crippen LogP contribution is 2.50. The van der Waals surface area contributed by atoms with Gasteiger partial charge in [-0.3, -0.25) is 13.7 Å². The first-order valence-corrected chi connectivity index (χ1v) is 22.6. The monoisotopic (exact) mass is 858 g/mol. The van der Waals surface area contributed by atoms with Crippen LogP contribution in [-0.4, -0.2) is 23.3 Å². The van der Waals surface area contributed by atoms with Crippen LogP contribution < -0.4 is 9.30 Å². The molecule has 0 spiro atoms. The van der Waals surface area contributed by atoms with Gasteiger partial charge in [-0.15, -0.1) is 0 Å². The minimum absolute atomic E-state index is 0.716. The summed E-state index contributed by atoms with van der Waals surface area (Å²) in [5.74, 6) is 2.25. The van der Waals surface area contributed by atoms with Crippen LogP contribution in [0.1, 0.15) is 0 Å². The number of aromatic nitrogens is 6. The summed E-state index contributed by atoms with van der Waals surface area (Å²) in [7, 11) is 0. The third-order valence-electron chi connectivity index (χ3n) is 13.2. The molecule has 0 bridgehead atoms. The summed E-state index contributed by atoms with van der Waals surface area (Å²) in [5.41, 5.74) is 12.9. The Balaban J connectivity index is 1.07. The Morgan fingerprint density at radius 2 is 0.940 bits per heavy atom. The molecule has 67 heavy (non-hydrogen) atoms. The van der Waals surface area contributed by atoms with Gasteiger partial charge in [-0.25, -0.2) is 4.98 Å². The lowest BCUT2D eigenvalue weighted by molar-refractivity contribution is -0.572. The van der Waals surface area contributed by atoms with Crippen LogP contribution in [0.4, 0.5) is 0 Å². The number of nitrogens with zero attached hydrogens (tertiary/aromatic N) is 6. The van der Waals surface area contributed by atoms with E-state index in [-0.39, 0.29) is 0 Å². The average Bonchev–Trinajstić information content (AvgIpc) is 4.14. The van der Waals surface area contributed by atoms with E-state index in [0.717, 1.165) is 83.7 Å². The third-order valence-corrected chi connectivity index (χ3v) is 13.2. The van der Waals surface area contributed by atoms with Crippen LogP contribution in [0, 0.1) is 6.33 Å². The van der Waals surface area contributed by atoms with Crippen molar-refractivity contribution in [1.29, 1.82) is 0 Å². The van der Waals surface area contributed by atoms with Gasteiger partial charge in [-0.2, -0.15) is 0 Å². The predicted molar refractivity (Wildman–Crippen MR) is 271 cm³/mol. The van der Waals surface area contributed by atoms with Gasteiger partial charge in [0.25, 0.3) is 6.33 Å². The summed E-state index contributed by atoms with van der Waals surface area (Å²) in [5, 5.41) is 7.00. The first-order chi connectivity index (χ1) is 33.3. The number of hydrogen-bond acceptors (Lipinski definition) is 2. The van der Waals surface area contributed by atoms with E-state index in [1.54, 1.807) is 0 Å². The van der Waals surface area contributed by atoms with Crippen LogP contribution in [0.3, 0.4) is 0 Å². The van der Waals surface area contributed by atoms with E-state index in [9.17, 15) is 0 Å². The van der Waals surface area contributed by atoms with E-state index in [2.05, 4.69) is 229 Å². The van der Waals surface area contributed by atoms with Crippen LogP contribution in [0.15, 0.2) is 231 Å². The zero-order valence-electron chi connectivity index (χ0n) is 36.0. The van der Waals surface area contributed by atoms with E-state index >= 15 is 0 Å². The van der Waals surface area contributed by atoms with Crippen LogP contribution in [0.5, 0.6) is 11.5 Å². The van der Waals surface area contributed by atoms with Crippen LogP contribution in [-0.2, 0) is 0 Å². The fourth-order valence-corrected chi connectivity index (χ4v) is 10.5. The number of pyridine rings is 1. The Morgan fingerprint density at radius 3 is 1.64 bits per heavy atom. The molecule has 0 unspecified atom stereocenters. The molecule has 0 N–H and O–H groups in total. The molecule has 0 aliphatic carbocycles.